The summed E-state index contributed by atoms with van der Waals surface area (Å²) in [5.41, 5.74) is 1.02. The number of para-hydroxylation sites is 1. The second-order valence-electron chi connectivity index (χ2n) is 5.85. The van der Waals surface area contributed by atoms with E-state index in [2.05, 4.69) is 10.0 Å². The third-order valence-electron chi connectivity index (χ3n) is 4.01. The maximum Gasteiger partial charge on any atom is 0.241 e. The van der Waals surface area contributed by atoms with Crippen LogP contribution < -0.4 is 19.5 Å². The lowest BCUT2D eigenvalue weighted by atomic mass is 10.1. The smallest absolute Gasteiger partial charge is 0.241 e. The Morgan fingerprint density at radius 2 is 1.74 bits per heavy atom. The number of benzene rings is 2. The summed E-state index contributed by atoms with van der Waals surface area (Å²) in [6.45, 7) is 3.44. The summed E-state index contributed by atoms with van der Waals surface area (Å²) in [6.07, 6.45) is 0.267. The fraction of sp³-hybridized carbons (Fsp3) is 0.316. The molecule has 2 aromatic rings. The number of sulfonamides is 1. The molecule has 2 rings (SSSR count). The number of nitrogens with one attached hydrogen (secondary N) is 2. The van der Waals surface area contributed by atoms with Crippen LogP contribution in [0, 0.1) is 0 Å². The fourth-order valence-electron chi connectivity index (χ4n) is 2.58. The molecular formula is C19H24N2O5S. The number of hydrogen-bond acceptors (Lipinski definition) is 5. The van der Waals surface area contributed by atoms with Gasteiger partial charge < -0.3 is 14.8 Å². The van der Waals surface area contributed by atoms with Crippen LogP contribution in [0.5, 0.6) is 11.5 Å². The zero-order chi connectivity index (χ0) is 20.0. The van der Waals surface area contributed by atoms with Crippen molar-refractivity contribution in [1.29, 1.82) is 0 Å². The van der Waals surface area contributed by atoms with Gasteiger partial charge in [0.2, 0.25) is 15.9 Å². The van der Waals surface area contributed by atoms with Crippen LogP contribution in [0.4, 0.5) is 5.69 Å². The van der Waals surface area contributed by atoms with Crippen LogP contribution in [0.3, 0.4) is 0 Å². The number of amides is 1. The van der Waals surface area contributed by atoms with E-state index in [9.17, 15) is 13.2 Å². The number of carbonyl (C=O) groups excluding carboxylic acids is 1. The highest BCUT2D eigenvalue weighted by Gasteiger charge is 2.22. The highest BCUT2D eigenvalue weighted by atomic mass is 32.2. The van der Waals surface area contributed by atoms with Crippen LogP contribution >= 0.6 is 0 Å². The average molecular weight is 392 g/mol. The van der Waals surface area contributed by atoms with E-state index in [1.54, 1.807) is 26.0 Å². The maximum absolute atomic E-state index is 12.8. The van der Waals surface area contributed by atoms with Gasteiger partial charge in [0.25, 0.3) is 0 Å². The SMILES string of the molecule is CCC(=O)Nc1cc(S(=O)(=O)N[C@H](C)c2ccccc2OC)ccc1OC. The van der Waals surface area contributed by atoms with Crippen LogP contribution in [0.25, 0.3) is 0 Å². The zero-order valence-electron chi connectivity index (χ0n) is 15.8. The number of ether oxygens (including phenoxy) is 2. The topological polar surface area (TPSA) is 93.7 Å². The summed E-state index contributed by atoms with van der Waals surface area (Å²) in [6, 6.07) is 11.0. The summed E-state index contributed by atoms with van der Waals surface area (Å²) in [4.78, 5) is 11.7. The van der Waals surface area contributed by atoms with E-state index in [4.69, 9.17) is 9.47 Å². The monoisotopic (exact) mass is 392 g/mol. The number of anilines is 1. The Bertz CT molecular complexity index is 912. The molecule has 146 valence electrons. The van der Waals surface area contributed by atoms with Gasteiger partial charge in [0.1, 0.15) is 11.5 Å². The van der Waals surface area contributed by atoms with Gasteiger partial charge in [-0.15, -0.1) is 0 Å². The summed E-state index contributed by atoms with van der Waals surface area (Å²) in [5, 5.41) is 2.65. The Morgan fingerprint density at radius 3 is 2.37 bits per heavy atom. The molecule has 1 atom stereocenters. The largest absolute Gasteiger partial charge is 0.496 e. The van der Waals surface area contributed by atoms with Crippen molar-refractivity contribution in [2.45, 2.75) is 31.2 Å². The molecule has 0 aliphatic carbocycles. The lowest BCUT2D eigenvalue weighted by molar-refractivity contribution is -0.115. The van der Waals surface area contributed by atoms with Crippen molar-refractivity contribution in [2.75, 3.05) is 19.5 Å². The zero-order valence-corrected chi connectivity index (χ0v) is 16.6. The van der Waals surface area contributed by atoms with Crippen LogP contribution in [-0.4, -0.2) is 28.5 Å². The van der Waals surface area contributed by atoms with E-state index >= 15 is 0 Å². The molecule has 0 fully saturated rings. The van der Waals surface area contributed by atoms with Crippen LogP contribution in [0.15, 0.2) is 47.4 Å². The molecule has 2 aromatic carbocycles. The van der Waals surface area contributed by atoms with Crippen LogP contribution in [-0.2, 0) is 14.8 Å². The van der Waals surface area contributed by atoms with Crippen molar-refractivity contribution in [3.05, 3.63) is 48.0 Å². The minimum atomic E-state index is -3.84. The first-order valence-corrected chi connectivity index (χ1v) is 9.93. The standard InChI is InChI=1S/C19H24N2O5S/c1-5-19(22)20-16-12-14(10-11-18(16)26-4)27(23,24)21-13(2)15-8-6-7-9-17(15)25-3/h6-13,21H,5H2,1-4H3,(H,20,22)/t13-/m1/s1. The molecule has 2 N–H and O–H groups in total. The summed E-state index contributed by atoms with van der Waals surface area (Å²) in [5.74, 6) is 0.741. The molecular weight excluding hydrogens is 368 g/mol. The van der Waals surface area contributed by atoms with Crippen molar-refractivity contribution in [1.82, 2.24) is 4.72 Å². The van der Waals surface area contributed by atoms with E-state index in [0.717, 1.165) is 5.56 Å². The van der Waals surface area contributed by atoms with Gasteiger partial charge in [0.15, 0.2) is 0 Å². The van der Waals surface area contributed by atoms with Gasteiger partial charge in [-0.1, -0.05) is 25.1 Å². The highest BCUT2D eigenvalue weighted by Crippen LogP contribution is 2.30. The number of carbonyl (C=O) groups is 1. The predicted molar refractivity (Wildman–Crippen MR) is 104 cm³/mol. The van der Waals surface area contributed by atoms with Crippen molar-refractivity contribution in [3.63, 3.8) is 0 Å². The first-order chi connectivity index (χ1) is 12.8. The molecule has 8 heteroatoms. The third kappa shape index (κ3) is 4.99. The lowest BCUT2D eigenvalue weighted by Crippen LogP contribution is -2.27. The molecule has 7 nitrogen and oxygen atoms in total. The molecule has 27 heavy (non-hydrogen) atoms. The molecule has 0 saturated heterocycles. The molecule has 0 radical (unpaired) electrons. The van der Waals surface area contributed by atoms with E-state index in [1.165, 1.54) is 32.4 Å². The van der Waals surface area contributed by atoms with E-state index < -0.39 is 16.1 Å². The highest BCUT2D eigenvalue weighted by molar-refractivity contribution is 7.89. The van der Waals surface area contributed by atoms with Gasteiger partial charge in [0, 0.05) is 18.0 Å². The lowest BCUT2D eigenvalue weighted by Gasteiger charge is -2.18. The molecule has 0 spiro atoms. The van der Waals surface area contributed by atoms with E-state index in [0.29, 0.717) is 17.2 Å². The van der Waals surface area contributed by atoms with Gasteiger partial charge >= 0.3 is 0 Å². The van der Waals surface area contributed by atoms with Crippen molar-refractivity contribution in [3.8, 4) is 11.5 Å². The number of hydrogen-bond donors (Lipinski definition) is 2. The maximum atomic E-state index is 12.8. The van der Waals surface area contributed by atoms with Crippen molar-refractivity contribution < 1.29 is 22.7 Å². The van der Waals surface area contributed by atoms with Gasteiger partial charge in [-0.05, 0) is 31.2 Å². The molecule has 0 aliphatic rings. The number of rotatable bonds is 8. The van der Waals surface area contributed by atoms with Crippen LogP contribution in [0.2, 0.25) is 0 Å². The second-order valence-corrected chi connectivity index (χ2v) is 7.56. The predicted octanol–water partition coefficient (Wildman–Crippen LogP) is 3.09. The molecule has 0 bridgehead atoms. The van der Waals surface area contributed by atoms with Gasteiger partial charge in [-0.25, -0.2) is 13.1 Å². The Hall–Kier alpha value is -2.58. The molecule has 0 aliphatic heterocycles. The fourth-order valence-corrected chi connectivity index (χ4v) is 3.83. The van der Waals surface area contributed by atoms with Crippen LogP contribution in [0.1, 0.15) is 31.9 Å². The molecule has 0 unspecified atom stereocenters. The summed E-state index contributed by atoms with van der Waals surface area (Å²) < 4.78 is 38.8. The quantitative estimate of drug-likeness (QED) is 0.720. The Labute approximate surface area is 159 Å². The van der Waals surface area contributed by atoms with Gasteiger partial charge in [0.05, 0.1) is 24.8 Å². The molecule has 0 heterocycles. The Balaban J connectivity index is 2.33. The minimum Gasteiger partial charge on any atom is -0.496 e. The van der Waals surface area contributed by atoms with Crippen molar-refractivity contribution >= 4 is 21.6 Å². The Morgan fingerprint density at radius 1 is 1.07 bits per heavy atom. The molecule has 0 aromatic heterocycles. The van der Waals surface area contributed by atoms with Gasteiger partial charge in [-0.3, -0.25) is 4.79 Å². The Kier molecular flexibility index (Phi) is 6.81. The van der Waals surface area contributed by atoms with Gasteiger partial charge in [-0.2, -0.15) is 0 Å². The summed E-state index contributed by atoms with van der Waals surface area (Å²) in [7, 11) is -0.850. The van der Waals surface area contributed by atoms with E-state index in [-0.39, 0.29) is 17.2 Å². The second kappa shape index (κ2) is 8.88. The normalized spacial score (nSPS) is 12.3. The summed E-state index contributed by atoms with van der Waals surface area (Å²) >= 11 is 0. The first kappa shape index (κ1) is 20.7. The van der Waals surface area contributed by atoms with E-state index in [1.807, 2.05) is 12.1 Å². The third-order valence-corrected chi connectivity index (χ3v) is 5.55. The average Bonchev–Trinajstić information content (AvgIpc) is 2.67. The van der Waals surface area contributed by atoms with Crippen molar-refractivity contribution in [2.24, 2.45) is 0 Å². The molecule has 1 amide bonds. The molecule has 0 saturated carbocycles. The first-order valence-electron chi connectivity index (χ1n) is 8.45. The number of methoxy groups -OCH3 is 2. The minimum absolute atomic E-state index is 0.0245.